The number of rotatable bonds is 6. The number of benzene rings is 1. The molecule has 0 spiro atoms. The number of carbonyl (C=O) groups excluding carboxylic acids is 1. The van der Waals surface area contributed by atoms with Crippen molar-refractivity contribution in [2.75, 3.05) is 62.7 Å². The average molecular weight is 458 g/mol. The van der Waals surface area contributed by atoms with E-state index in [1.54, 1.807) is 4.90 Å². The zero-order valence-corrected chi connectivity index (χ0v) is 17.7. The van der Waals surface area contributed by atoms with Crippen LogP contribution in [0.5, 0.6) is 0 Å². The molecule has 0 bridgehead atoms. The minimum atomic E-state index is -0.769. The number of anilines is 2. The van der Waals surface area contributed by atoms with E-state index >= 15 is 0 Å². The van der Waals surface area contributed by atoms with Crippen molar-refractivity contribution < 1.29 is 28.3 Å². The largest absolute Gasteiger partial charge is 0.474 e. The summed E-state index contributed by atoms with van der Waals surface area (Å²) in [5.74, 6) is -1.46. The zero-order chi connectivity index (χ0) is 22.5. The molecule has 0 aromatic heterocycles. The Morgan fingerprint density at radius 3 is 2.58 bits per heavy atom. The Balaban J connectivity index is 1.66. The maximum absolute atomic E-state index is 14.8. The van der Waals surface area contributed by atoms with Crippen LogP contribution in [-0.2, 0) is 9.47 Å². The van der Waals surface area contributed by atoms with Crippen LogP contribution >= 0.6 is 12.2 Å². The third kappa shape index (κ3) is 5.41. The second-order valence-electron chi connectivity index (χ2n) is 7.10. The minimum absolute atomic E-state index is 0.0743. The van der Waals surface area contributed by atoms with Gasteiger partial charge in [-0.25, -0.2) is 13.6 Å². The van der Waals surface area contributed by atoms with Crippen LogP contribution in [0.15, 0.2) is 17.3 Å². The molecule has 0 unspecified atom stereocenters. The number of nitrogens with zero attached hydrogens (tertiary/aromatic N) is 4. The summed E-state index contributed by atoms with van der Waals surface area (Å²) in [6, 6.07) is 2.25. The number of ether oxygens (including phenoxy) is 2. The molecule has 0 saturated carbocycles. The molecule has 0 aliphatic carbocycles. The van der Waals surface area contributed by atoms with Crippen LogP contribution in [0.2, 0.25) is 0 Å². The number of piperazine rings is 1. The van der Waals surface area contributed by atoms with Crippen molar-refractivity contribution in [1.29, 1.82) is 0 Å². The van der Waals surface area contributed by atoms with Crippen molar-refractivity contribution in [2.45, 2.75) is 6.10 Å². The molecule has 31 heavy (non-hydrogen) atoms. The SMILES string of the molecule is COC(=S)NC[C@H]1CN(c2cc(F)c(N3CCN(CC(N)=NO)CC3)c(F)c2)C(=O)O1. The van der Waals surface area contributed by atoms with Gasteiger partial charge >= 0.3 is 6.09 Å². The maximum atomic E-state index is 14.8. The minimum Gasteiger partial charge on any atom is -0.474 e. The van der Waals surface area contributed by atoms with Crippen molar-refractivity contribution in [2.24, 2.45) is 10.9 Å². The van der Waals surface area contributed by atoms with E-state index in [2.05, 4.69) is 10.5 Å². The molecule has 2 aliphatic rings. The highest BCUT2D eigenvalue weighted by Gasteiger charge is 2.34. The molecule has 13 heteroatoms. The van der Waals surface area contributed by atoms with Crippen molar-refractivity contribution in [3.05, 3.63) is 23.8 Å². The van der Waals surface area contributed by atoms with Crippen LogP contribution < -0.4 is 20.9 Å². The van der Waals surface area contributed by atoms with Crippen LogP contribution in [0.1, 0.15) is 0 Å². The molecule has 3 rings (SSSR count). The first kappa shape index (κ1) is 22.7. The molecular formula is C18H24F2N6O4S. The normalized spacial score (nSPS) is 20.0. The fourth-order valence-electron chi connectivity index (χ4n) is 3.51. The first-order valence-corrected chi connectivity index (χ1v) is 9.96. The van der Waals surface area contributed by atoms with E-state index in [1.165, 1.54) is 12.0 Å². The molecule has 4 N–H and O–H groups in total. The van der Waals surface area contributed by atoms with Gasteiger partial charge in [-0.05, 0) is 12.2 Å². The monoisotopic (exact) mass is 458 g/mol. The van der Waals surface area contributed by atoms with E-state index in [1.807, 2.05) is 4.90 Å². The lowest BCUT2D eigenvalue weighted by molar-refractivity contribution is 0.142. The summed E-state index contributed by atoms with van der Waals surface area (Å²) in [6.07, 6.45) is -1.24. The van der Waals surface area contributed by atoms with E-state index in [4.69, 9.17) is 32.6 Å². The molecule has 170 valence electrons. The number of nitrogens with two attached hydrogens (primary N) is 1. The number of thiocarbonyl (C=S) groups is 1. The first-order chi connectivity index (χ1) is 14.8. The Morgan fingerprint density at radius 2 is 2.00 bits per heavy atom. The Labute approximate surface area is 183 Å². The van der Waals surface area contributed by atoms with Gasteiger partial charge in [0.2, 0.25) is 0 Å². The van der Waals surface area contributed by atoms with Crippen LogP contribution in [-0.4, -0.2) is 86.2 Å². The highest BCUT2D eigenvalue weighted by atomic mass is 32.1. The van der Waals surface area contributed by atoms with Crippen molar-refractivity contribution in [3.63, 3.8) is 0 Å². The van der Waals surface area contributed by atoms with E-state index in [0.29, 0.717) is 26.2 Å². The van der Waals surface area contributed by atoms with Gasteiger partial charge in [-0.3, -0.25) is 9.80 Å². The van der Waals surface area contributed by atoms with E-state index in [-0.39, 0.29) is 42.0 Å². The van der Waals surface area contributed by atoms with Crippen molar-refractivity contribution in [3.8, 4) is 0 Å². The number of hydrogen-bond donors (Lipinski definition) is 3. The molecule has 2 saturated heterocycles. The molecular weight excluding hydrogens is 434 g/mol. The quantitative estimate of drug-likeness (QED) is 0.186. The average Bonchev–Trinajstić information content (AvgIpc) is 3.13. The Bertz CT molecular complexity index is 842. The standard InChI is InChI=1S/C18H24F2N6O4S/c1-29-17(31)22-8-12-9-26(18(27)30-12)11-6-13(19)16(14(20)7-11)25-4-2-24(3-5-25)10-15(21)23-28/h6-7,12,28H,2-5,8-10H2,1H3,(H2,21,23)(H,22,31)/t12-/m0/s1. The molecule has 1 atom stereocenters. The summed E-state index contributed by atoms with van der Waals surface area (Å²) >= 11 is 4.87. The first-order valence-electron chi connectivity index (χ1n) is 9.55. The van der Waals surface area contributed by atoms with Gasteiger partial charge in [0.15, 0.2) is 17.5 Å². The van der Waals surface area contributed by atoms with Gasteiger partial charge in [0.1, 0.15) is 11.8 Å². The second-order valence-corrected chi connectivity index (χ2v) is 7.47. The number of cyclic esters (lactones) is 1. The van der Waals surface area contributed by atoms with Gasteiger partial charge in [-0.1, -0.05) is 5.16 Å². The molecule has 1 aromatic carbocycles. The Morgan fingerprint density at radius 1 is 1.35 bits per heavy atom. The summed E-state index contributed by atoms with van der Waals surface area (Å²) in [7, 11) is 1.41. The molecule has 2 heterocycles. The summed E-state index contributed by atoms with van der Waals surface area (Å²) in [6.45, 7) is 2.32. The Kier molecular flexibility index (Phi) is 7.28. The molecule has 1 aromatic rings. The van der Waals surface area contributed by atoms with Crippen LogP contribution in [0.3, 0.4) is 0 Å². The zero-order valence-electron chi connectivity index (χ0n) is 16.9. The fourth-order valence-corrected chi connectivity index (χ4v) is 3.59. The number of amides is 1. The molecule has 1 amide bonds. The summed E-state index contributed by atoms with van der Waals surface area (Å²) in [4.78, 5) is 16.9. The lowest BCUT2D eigenvalue weighted by atomic mass is 10.2. The van der Waals surface area contributed by atoms with Crippen LogP contribution in [0.4, 0.5) is 25.0 Å². The topological polar surface area (TPSA) is 116 Å². The van der Waals surface area contributed by atoms with Crippen LogP contribution in [0, 0.1) is 11.6 Å². The second kappa shape index (κ2) is 9.92. The lowest BCUT2D eigenvalue weighted by Gasteiger charge is -2.36. The number of methoxy groups -OCH3 is 1. The fraction of sp³-hybridized carbons (Fsp3) is 0.500. The molecule has 2 aliphatic heterocycles. The van der Waals surface area contributed by atoms with E-state index in [0.717, 1.165) is 12.1 Å². The van der Waals surface area contributed by atoms with Crippen molar-refractivity contribution in [1.82, 2.24) is 10.2 Å². The highest BCUT2D eigenvalue weighted by Crippen LogP contribution is 2.31. The van der Waals surface area contributed by atoms with Gasteiger partial charge in [0.05, 0.1) is 32.4 Å². The van der Waals surface area contributed by atoms with Gasteiger partial charge in [-0.15, -0.1) is 0 Å². The number of oxime groups is 1. The molecule has 10 nitrogen and oxygen atoms in total. The number of nitrogens with one attached hydrogen (secondary N) is 1. The van der Waals surface area contributed by atoms with Gasteiger partial charge in [0.25, 0.3) is 5.17 Å². The number of amidine groups is 1. The number of halogens is 2. The smallest absolute Gasteiger partial charge is 0.414 e. The third-order valence-electron chi connectivity index (χ3n) is 5.05. The molecule has 0 radical (unpaired) electrons. The maximum Gasteiger partial charge on any atom is 0.414 e. The van der Waals surface area contributed by atoms with Crippen molar-refractivity contribution >= 4 is 40.7 Å². The summed E-state index contributed by atoms with van der Waals surface area (Å²) in [5.41, 5.74) is 5.43. The lowest BCUT2D eigenvalue weighted by Crippen LogP contribution is -2.49. The predicted octanol–water partition coefficient (Wildman–Crippen LogP) is 0.679. The van der Waals surface area contributed by atoms with Gasteiger partial charge in [0, 0.05) is 38.3 Å². The summed E-state index contributed by atoms with van der Waals surface area (Å²) < 4.78 is 39.7. The van der Waals surface area contributed by atoms with Crippen LogP contribution in [0.25, 0.3) is 0 Å². The van der Waals surface area contributed by atoms with E-state index in [9.17, 15) is 13.6 Å². The predicted molar refractivity (Wildman–Crippen MR) is 114 cm³/mol. The van der Waals surface area contributed by atoms with Gasteiger partial charge < -0.3 is 30.6 Å². The molecule has 2 fully saturated rings. The highest BCUT2D eigenvalue weighted by molar-refractivity contribution is 7.80. The summed E-state index contributed by atoms with van der Waals surface area (Å²) in [5, 5.41) is 14.5. The Hall–Kier alpha value is -2.93. The third-order valence-corrected chi connectivity index (χ3v) is 5.36. The number of carbonyl (C=O) groups is 1. The van der Waals surface area contributed by atoms with Gasteiger partial charge in [-0.2, -0.15) is 0 Å². The van der Waals surface area contributed by atoms with E-state index < -0.39 is 23.8 Å². The number of hydrogen-bond acceptors (Lipinski definition) is 8.